The molecule has 0 spiro atoms. The molecule has 5 nitrogen and oxygen atoms in total. The number of hydrogen-bond donors (Lipinski definition) is 1. The molecule has 0 bridgehead atoms. The Balaban J connectivity index is 1.83. The molecule has 1 fully saturated rings. The number of hydrogen-bond acceptors (Lipinski definition) is 4. The van der Waals surface area contributed by atoms with Gasteiger partial charge in [-0.2, -0.15) is 8.78 Å². The Morgan fingerprint density at radius 3 is 2.42 bits per heavy atom. The lowest BCUT2D eigenvalue weighted by molar-refractivity contribution is -0.142. The second kappa shape index (κ2) is 8.39. The molecule has 0 unspecified atom stereocenters. The average molecular weight is 342 g/mol. The van der Waals surface area contributed by atoms with Crippen molar-refractivity contribution in [2.75, 3.05) is 19.6 Å². The minimum absolute atomic E-state index is 0.0292. The van der Waals surface area contributed by atoms with Crippen LogP contribution in [-0.2, 0) is 9.53 Å². The first-order valence-electron chi connectivity index (χ1n) is 8.06. The van der Waals surface area contributed by atoms with E-state index in [1.54, 1.807) is 17.0 Å². The summed E-state index contributed by atoms with van der Waals surface area (Å²) in [5, 5.41) is 3.16. The van der Waals surface area contributed by atoms with E-state index in [-0.39, 0.29) is 36.5 Å². The Morgan fingerprint density at radius 1 is 1.29 bits per heavy atom. The molecule has 2 rings (SSSR count). The van der Waals surface area contributed by atoms with Crippen LogP contribution in [0.3, 0.4) is 0 Å². The first-order chi connectivity index (χ1) is 11.3. The minimum atomic E-state index is -2.83. The van der Waals surface area contributed by atoms with Crippen molar-refractivity contribution in [1.82, 2.24) is 10.2 Å². The summed E-state index contributed by atoms with van der Waals surface area (Å²) >= 11 is 0. The van der Waals surface area contributed by atoms with Crippen molar-refractivity contribution in [1.29, 1.82) is 0 Å². The fraction of sp³-hybridized carbons (Fsp3) is 0.588. The maximum atomic E-state index is 12.3. The Labute approximate surface area is 140 Å². The second-order valence-corrected chi connectivity index (χ2v) is 6.11. The van der Waals surface area contributed by atoms with E-state index < -0.39 is 6.61 Å². The molecule has 24 heavy (non-hydrogen) atoms. The average Bonchev–Trinajstić information content (AvgIpc) is 2.51. The molecule has 1 aromatic carbocycles. The standard InChI is InChI=1S/C17H24F2N2O3/c1-11-9-21(10-12(2)23-11)16(22)8-20-13(3)14-4-6-15(7-5-14)24-17(18)19/h4-7,11-13,17,20H,8-10H2,1-3H3/t11-,12+,13-/m1/s1. The van der Waals surface area contributed by atoms with E-state index in [1.807, 2.05) is 20.8 Å². The monoisotopic (exact) mass is 342 g/mol. The van der Waals surface area contributed by atoms with E-state index in [9.17, 15) is 13.6 Å². The van der Waals surface area contributed by atoms with Crippen molar-refractivity contribution < 1.29 is 23.0 Å². The number of benzene rings is 1. The predicted octanol–water partition coefficient (Wildman–Crippen LogP) is 2.57. The molecule has 1 aliphatic heterocycles. The van der Waals surface area contributed by atoms with Gasteiger partial charge >= 0.3 is 6.61 Å². The van der Waals surface area contributed by atoms with Crippen LogP contribution in [0.1, 0.15) is 32.4 Å². The van der Waals surface area contributed by atoms with Crippen LogP contribution in [0, 0.1) is 0 Å². The fourth-order valence-corrected chi connectivity index (χ4v) is 2.79. The third-order valence-corrected chi connectivity index (χ3v) is 3.94. The molecular formula is C17H24F2N2O3. The predicted molar refractivity (Wildman–Crippen MR) is 86.1 cm³/mol. The number of nitrogens with zero attached hydrogens (tertiary/aromatic N) is 1. The summed E-state index contributed by atoms with van der Waals surface area (Å²) in [4.78, 5) is 14.1. The van der Waals surface area contributed by atoms with Crippen molar-refractivity contribution in [2.45, 2.75) is 45.6 Å². The van der Waals surface area contributed by atoms with Crippen LogP contribution >= 0.6 is 0 Å². The normalized spacial score (nSPS) is 22.5. The number of alkyl halides is 2. The number of halogens is 2. The van der Waals surface area contributed by atoms with Crippen LogP contribution < -0.4 is 10.1 Å². The van der Waals surface area contributed by atoms with Crippen LogP contribution in [0.4, 0.5) is 8.78 Å². The molecule has 0 radical (unpaired) electrons. The molecule has 1 amide bonds. The van der Waals surface area contributed by atoms with Gasteiger partial charge in [-0.15, -0.1) is 0 Å². The molecule has 1 aliphatic rings. The zero-order chi connectivity index (χ0) is 17.7. The lowest BCUT2D eigenvalue weighted by Gasteiger charge is -2.35. The van der Waals surface area contributed by atoms with Gasteiger partial charge in [-0.3, -0.25) is 4.79 Å². The highest BCUT2D eigenvalue weighted by molar-refractivity contribution is 5.78. The Bertz CT molecular complexity index is 529. The molecule has 3 atom stereocenters. The van der Waals surface area contributed by atoms with Crippen molar-refractivity contribution in [3.63, 3.8) is 0 Å². The number of carbonyl (C=O) groups is 1. The van der Waals surface area contributed by atoms with Crippen molar-refractivity contribution in [3.8, 4) is 5.75 Å². The van der Waals surface area contributed by atoms with Crippen LogP contribution in [-0.4, -0.2) is 49.3 Å². The van der Waals surface area contributed by atoms with Gasteiger partial charge in [-0.05, 0) is 38.5 Å². The largest absolute Gasteiger partial charge is 0.435 e. The molecule has 0 aliphatic carbocycles. The third-order valence-electron chi connectivity index (χ3n) is 3.94. The van der Waals surface area contributed by atoms with E-state index in [0.29, 0.717) is 13.1 Å². The molecule has 1 aromatic rings. The van der Waals surface area contributed by atoms with Crippen molar-refractivity contribution in [2.24, 2.45) is 0 Å². The zero-order valence-corrected chi connectivity index (χ0v) is 14.2. The van der Waals surface area contributed by atoms with Gasteiger partial charge < -0.3 is 19.7 Å². The molecule has 0 saturated carbocycles. The second-order valence-electron chi connectivity index (χ2n) is 6.11. The molecular weight excluding hydrogens is 318 g/mol. The SMILES string of the molecule is C[C@@H]1CN(C(=O)CN[C@H](C)c2ccc(OC(F)F)cc2)C[C@H](C)O1. The van der Waals surface area contributed by atoms with Crippen LogP contribution in [0.15, 0.2) is 24.3 Å². The van der Waals surface area contributed by atoms with Gasteiger partial charge in [0.25, 0.3) is 0 Å². The first kappa shape index (κ1) is 18.6. The lowest BCUT2D eigenvalue weighted by atomic mass is 10.1. The van der Waals surface area contributed by atoms with Gasteiger partial charge in [0.1, 0.15) is 5.75 Å². The molecule has 1 saturated heterocycles. The number of ether oxygens (including phenoxy) is 2. The fourth-order valence-electron chi connectivity index (χ4n) is 2.79. The van der Waals surface area contributed by atoms with E-state index in [1.165, 1.54) is 12.1 Å². The first-order valence-corrected chi connectivity index (χ1v) is 8.06. The van der Waals surface area contributed by atoms with E-state index in [4.69, 9.17) is 4.74 Å². The summed E-state index contributed by atoms with van der Waals surface area (Å²) in [5.41, 5.74) is 0.896. The van der Waals surface area contributed by atoms with Crippen LogP contribution in [0.2, 0.25) is 0 Å². The van der Waals surface area contributed by atoms with Crippen molar-refractivity contribution >= 4 is 5.91 Å². The lowest BCUT2D eigenvalue weighted by Crippen LogP contribution is -2.50. The zero-order valence-electron chi connectivity index (χ0n) is 14.2. The van der Waals surface area contributed by atoms with Gasteiger partial charge in [0.05, 0.1) is 18.8 Å². The van der Waals surface area contributed by atoms with Gasteiger partial charge in [0, 0.05) is 19.1 Å². The van der Waals surface area contributed by atoms with Crippen LogP contribution in [0.5, 0.6) is 5.75 Å². The topological polar surface area (TPSA) is 50.8 Å². The van der Waals surface area contributed by atoms with Gasteiger partial charge in [0.2, 0.25) is 5.91 Å². The van der Waals surface area contributed by atoms with E-state index in [2.05, 4.69) is 10.1 Å². The molecule has 1 heterocycles. The highest BCUT2D eigenvalue weighted by Crippen LogP contribution is 2.19. The summed E-state index contributed by atoms with van der Waals surface area (Å²) < 4.78 is 34.2. The number of carbonyl (C=O) groups excluding carboxylic acids is 1. The maximum Gasteiger partial charge on any atom is 0.387 e. The number of amides is 1. The van der Waals surface area contributed by atoms with E-state index in [0.717, 1.165) is 5.56 Å². The van der Waals surface area contributed by atoms with Crippen molar-refractivity contribution in [3.05, 3.63) is 29.8 Å². The molecule has 134 valence electrons. The summed E-state index contributed by atoms with van der Waals surface area (Å²) in [5.74, 6) is 0.148. The van der Waals surface area contributed by atoms with Gasteiger partial charge in [0.15, 0.2) is 0 Å². The Hall–Kier alpha value is -1.73. The quantitative estimate of drug-likeness (QED) is 0.863. The van der Waals surface area contributed by atoms with Gasteiger partial charge in [-0.25, -0.2) is 0 Å². The molecule has 1 N–H and O–H groups in total. The minimum Gasteiger partial charge on any atom is -0.435 e. The summed E-state index contributed by atoms with van der Waals surface area (Å²) in [6, 6.07) is 6.32. The molecule has 7 heteroatoms. The summed E-state index contributed by atoms with van der Waals surface area (Å²) in [6.07, 6.45) is 0.0787. The summed E-state index contributed by atoms with van der Waals surface area (Å²) in [7, 11) is 0. The van der Waals surface area contributed by atoms with Gasteiger partial charge in [-0.1, -0.05) is 12.1 Å². The molecule has 0 aromatic heterocycles. The number of nitrogens with one attached hydrogen (secondary N) is 1. The van der Waals surface area contributed by atoms with Crippen LogP contribution in [0.25, 0.3) is 0 Å². The Kier molecular flexibility index (Phi) is 6.51. The smallest absolute Gasteiger partial charge is 0.387 e. The summed E-state index contributed by atoms with van der Waals surface area (Å²) in [6.45, 7) is 4.40. The highest BCUT2D eigenvalue weighted by Gasteiger charge is 2.25. The Morgan fingerprint density at radius 2 is 1.88 bits per heavy atom. The highest BCUT2D eigenvalue weighted by atomic mass is 19.3. The number of morpholine rings is 1. The van der Waals surface area contributed by atoms with E-state index >= 15 is 0 Å². The number of rotatable bonds is 6. The third kappa shape index (κ3) is 5.42. The maximum absolute atomic E-state index is 12.3.